The van der Waals surface area contributed by atoms with Gasteiger partial charge in [0.1, 0.15) is 12.7 Å². The molecule has 2 heterocycles. The molecule has 1 aliphatic heterocycles. The normalized spacial score (nSPS) is 13.7. The second-order valence-corrected chi connectivity index (χ2v) is 4.64. The molecule has 0 spiro atoms. The summed E-state index contributed by atoms with van der Waals surface area (Å²) in [5.74, 6) is 0. The summed E-state index contributed by atoms with van der Waals surface area (Å²) >= 11 is 5.39. The molecule has 0 atom stereocenters. The van der Waals surface area contributed by atoms with Crippen LogP contribution in [-0.4, -0.2) is 26.5 Å². The molecular weight excluding hydrogens is 256 g/mol. The quantitative estimate of drug-likeness (QED) is 0.516. The van der Waals surface area contributed by atoms with Crippen LogP contribution in [0.15, 0.2) is 48.8 Å². The summed E-state index contributed by atoms with van der Waals surface area (Å²) in [7, 11) is 0. The number of hydrazone groups is 1. The SMILES string of the molecule is C=[N+](c1cccnc1)N1Cc2ccccc2NC1=S. The molecule has 0 unspecified atom stereocenters. The summed E-state index contributed by atoms with van der Waals surface area (Å²) in [5, 5.41) is 5.76. The molecule has 4 nitrogen and oxygen atoms in total. The molecule has 0 amide bonds. The van der Waals surface area contributed by atoms with Crippen molar-refractivity contribution in [1.82, 2.24) is 9.99 Å². The maximum absolute atomic E-state index is 5.39. The lowest BCUT2D eigenvalue weighted by molar-refractivity contribution is -0.592. The zero-order chi connectivity index (χ0) is 13.2. The third kappa shape index (κ3) is 2.20. The molecular formula is C14H13N4S+. The summed E-state index contributed by atoms with van der Waals surface area (Å²) < 4.78 is 1.76. The van der Waals surface area contributed by atoms with Crippen LogP contribution in [0.25, 0.3) is 0 Å². The summed E-state index contributed by atoms with van der Waals surface area (Å²) in [4.78, 5) is 4.10. The molecule has 1 N–H and O–H groups in total. The second kappa shape index (κ2) is 4.78. The summed E-state index contributed by atoms with van der Waals surface area (Å²) in [6, 6.07) is 11.9. The molecule has 1 aliphatic rings. The highest BCUT2D eigenvalue weighted by Crippen LogP contribution is 2.24. The van der Waals surface area contributed by atoms with Gasteiger partial charge in [-0.15, -0.1) is 5.01 Å². The summed E-state index contributed by atoms with van der Waals surface area (Å²) in [6.45, 7) is 4.74. The van der Waals surface area contributed by atoms with Crippen molar-refractivity contribution in [3.8, 4) is 0 Å². The van der Waals surface area contributed by atoms with E-state index in [2.05, 4.69) is 23.1 Å². The third-order valence-corrected chi connectivity index (χ3v) is 3.36. The van der Waals surface area contributed by atoms with Crippen molar-refractivity contribution < 1.29 is 4.68 Å². The van der Waals surface area contributed by atoms with Crippen molar-refractivity contribution in [1.29, 1.82) is 0 Å². The zero-order valence-corrected chi connectivity index (χ0v) is 11.1. The Morgan fingerprint density at radius 1 is 1.26 bits per heavy atom. The Bertz CT molecular complexity index is 639. The van der Waals surface area contributed by atoms with E-state index in [0.717, 1.165) is 11.4 Å². The van der Waals surface area contributed by atoms with Crippen molar-refractivity contribution in [3.63, 3.8) is 0 Å². The molecule has 0 saturated heterocycles. The molecule has 2 aromatic rings. The predicted molar refractivity (Wildman–Crippen MR) is 79.5 cm³/mol. The number of rotatable bonds is 2. The molecule has 19 heavy (non-hydrogen) atoms. The maximum atomic E-state index is 5.39. The number of fused-ring (bicyclic) bond motifs is 1. The highest BCUT2D eigenvalue weighted by molar-refractivity contribution is 7.80. The van der Waals surface area contributed by atoms with Crippen molar-refractivity contribution in [3.05, 3.63) is 54.4 Å². The average Bonchev–Trinajstić information content (AvgIpc) is 2.47. The van der Waals surface area contributed by atoms with Crippen molar-refractivity contribution in [2.24, 2.45) is 0 Å². The second-order valence-electron chi connectivity index (χ2n) is 4.26. The Balaban J connectivity index is 1.91. The molecule has 1 aromatic heterocycles. The number of thiocarbonyl (C=S) groups is 1. The lowest BCUT2D eigenvalue weighted by Gasteiger charge is -2.27. The van der Waals surface area contributed by atoms with Gasteiger partial charge in [0.15, 0.2) is 6.72 Å². The van der Waals surface area contributed by atoms with Gasteiger partial charge in [-0.25, -0.2) is 0 Å². The van der Waals surface area contributed by atoms with Crippen molar-refractivity contribution in [2.45, 2.75) is 6.54 Å². The van der Waals surface area contributed by atoms with E-state index in [0.29, 0.717) is 11.7 Å². The number of anilines is 1. The van der Waals surface area contributed by atoms with Crippen LogP contribution in [0.3, 0.4) is 0 Å². The van der Waals surface area contributed by atoms with Crippen LogP contribution in [0, 0.1) is 0 Å². The van der Waals surface area contributed by atoms with E-state index in [-0.39, 0.29) is 0 Å². The van der Waals surface area contributed by atoms with Gasteiger partial charge in [-0.2, -0.15) is 0 Å². The molecule has 0 saturated carbocycles. The number of benzene rings is 1. The Kier molecular flexibility index (Phi) is 2.97. The van der Waals surface area contributed by atoms with Gasteiger partial charge in [0.25, 0.3) is 5.69 Å². The van der Waals surface area contributed by atoms with Crippen molar-refractivity contribution >= 4 is 35.4 Å². The highest BCUT2D eigenvalue weighted by Gasteiger charge is 2.27. The highest BCUT2D eigenvalue weighted by atomic mass is 32.1. The lowest BCUT2D eigenvalue weighted by Crippen LogP contribution is -2.42. The molecule has 0 bridgehead atoms. The van der Waals surface area contributed by atoms with Gasteiger partial charge in [0, 0.05) is 23.5 Å². The van der Waals surface area contributed by atoms with Crippen LogP contribution < -0.4 is 5.32 Å². The van der Waals surface area contributed by atoms with Gasteiger partial charge >= 0.3 is 0 Å². The van der Waals surface area contributed by atoms with E-state index >= 15 is 0 Å². The largest absolute Gasteiger partial charge is 0.328 e. The van der Waals surface area contributed by atoms with Crippen LogP contribution in [0.1, 0.15) is 5.56 Å². The minimum Gasteiger partial charge on any atom is -0.328 e. The molecule has 0 fully saturated rings. The predicted octanol–water partition coefficient (Wildman–Crippen LogP) is 2.55. The molecule has 0 radical (unpaired) electrons. The van der Waals surface area contributed by atoms with Gasteiger partial charge in [-0.05, 0) is 24.4 Å². The fraction of sp³-hybridized carbons (Fsp3) is 0.0714. The fourth-order valence-corrected chi connectivity index (χ4v) is 2.31. The number of nitrogens with one attached hydrogen (secondary N) is 1. The van der Waals surface area contributed by atoms with E-state index in [4.69, 9.17) is 12.2 Å². The number of nitrogens with zero attached hydrogens (tertiary/aromatic N) is 3. The minimum absolute atomic E-state index is 0.637. The smallest absolute Gasteiger partial charge is 0.253 e. The van der Waals surface area contributed by atoms with Crippen LogP contribution in [0.4, 0.5) is 11.4 Å². The monoisotopic (exact) mass is 269 g/mol. The number of hydrazine groups is 1. The minimum atomic E-state index is 0.637. The average molecular weight is 269 g/mol. The van der Waals surface area contributed by atoms with Gasteiger partial charge in [-0.3, -0.25) is 4.98 Å². The maximum Gasteiger partial charge on any atom is 0.253 e. The molecule has 5 heteroatoms. The topological polar surface area (TPSA) is 31.2 Å². The van der Waals surface area contributed by atoms with Gasteiger partial charge in [0.2, 0.25) is 5.11 Å². The van der Waals surface area contributed by atoms with Gasteiger partial charge < -0.3 is 5.32 Å². The van der Waals surface area contributed by atoms with E-state index in [1.54, 1.807) is 17.1 Å². The first-order valence-corrected chi connectivity index (χ1v) is 6.33. The molecule has 0 aliphatic carbocycles. The van der Waals surface area contributed by atoms with Crippen LogP contribution in [0.5, 0.6) is 0 Å². The summed E-state index contributed by atoms with van der Waals surface area (Å²) in [6.07, 6.45) is 3.50. The Morgan fingerprint density at radius 3 is 2.89 bits per heavy atom. The summed E-state index contributed by atoms with van der Waals surface area (Å²) in [5.41, 5.74) is 3.14. The number of hydrogen-bond acceptors (Lipinski definition) is 2. The number of para-hydroxylation sites is 1. The first kappa shape index (κ1) is 11.8. The number of pyridine rings is 1. The van der Waals surface area contributed by atoms with Crippen LogP contribution in [0.2, 0.25) is 0 Å². The lowest BCUT2D eigenvalue weighted by atomic mass is 10.1. The molecule has 3 rings (SSSR count). The Morgan fingerprint density at radius 2 is 2.11 bits per heavy atom. The van der Waals surface area contributed by atoms with Crippen LogP contribution >= 0.6 is 12.2 Å². The van der Waals surface area contributed by atoms with Gasteiger partial charge in [-0.1, -0.05) is 22.9 Å². The standard InChI is InChI=1S/C14H12N4S/c1-17(12-6-4-8-15-9-12)18-10-11-5-2-3-7-13(11)16-14(18)19/h2-9H,1,10H2/p+1. The zero-order valence-electron chi connectivity index (χ0n) is 10.3. The van der Waals surface area contributed by atoms with E-state index in [9.17, 15) is 0 Å². The number of aromatic nitrogens is 1. The van der Waals surface area contributed by atoms with Crippen molar-refractivity contribution in [2.75, 3.05) is 5.32 Å². The first-order chi connectivity index (χ1) is 9.25. The third-order valence-electron chi connectivity index (χ3n) is 3.05. The molecule has 1 aromatic carbocycles. The fourth-order valence-electron chi connectivity index (χ4n) is 2.03. The molecule has 94 valence electrons. The van der Waals surface area contributed by atoms with E-state index < -0.39 is 0 Å². The Hall–Kier alpha value is -2.27. The number of hydrogen-bond donors (Lipinski definition) is 1. The van der Waals surface area contributed by atoms with E-state index in [1.165, 1.54) is 5.56 Å². The van der Waals surface area contributed by atoms with Gasteiger partial charge in [0.05, 0.1) is 0 Å². The van der Waals surface area contributed by atoms with E-state index in [1.807, 2.05) is 35.3 Å². The Labute approximate surface area is 117 Å². The first-order valence-electron chi connectivity index (χ1n) is 5.93. The van der Waals surface area contributed by atoms with Crippen LogP contribution in [-0.2, 0) is 6.54 Å².